The first-order valence-electron chi connectivity index (χ1n) is 15.6. The smallest absolute Gasteiger partial charge is 0.192 e. The van der Waals surface area contributed by atoms with Gasteiger partial charge in [0.05, 0.1) is 29.0 Å². The Labute approximate surface area is 272 Å². The number of hydrogen-bond donors (Lipinski definition) is 0. The summed E-state index contributed by atoms with van der Waals surface area (Å²) in [5, 5.41) is 2.25. The zero-order valence-electron chi connectivity index (χ0n) is 25.9. The number of benzene rings is 5. The topological polar surface area (TPSA) is 37.9 Å². The van der Waals surface area contributed by atoms with E-state index >= 15 is 0 Å². The number of para-hydroxylation sites is 3. The molecule has 0 radical (unpaired) electrons. The maximum Gasteiger partial charge on any atom is 0.192 e. The van der Waals surface area contributed by atoms with Gasteiger partial charge in [0.2, 0.25) is 0 Å². The van der Waals surface area contributed by atoms with Gasteiger partial charge in [0, 0.05) is 40.5 Å². The maximum absolute atomic E-state index is 13.7. The van der Waals surface area contributed by atoms with E-state index in [9.17, 15) is 4.39 Å². The quantitative estimate of drug-likeness (QED) is 0.174. The first-order valence-corrected chi connectivity index (χ1v) is 15.6. The monoisotopic (exact) mass is 615 g/mol. The van der Waals surface area contributed by atoms with Crippen LogP contribution in [-0.4, -0.2) is 16.2 Å². The minimum Gasteiger partial charge on any atom is -0.459 e. The molecule has 0 fully saturated rings. The lowest BCUT2D eigenvalue weighted by Crippen LogP contribution is -2.23. The maximum atomic E-state index is 13.7. The van der Waals surface area contributed by atoms with E-state index in [1.54, 1.807) is 18.2 Å². The molecule has 228 valence electrons. The Morgan fingerprint density at radius 2 is 1.45 bits per heavy atom. The minimum absolute atomic E-state index is 0.275. The second-order valence-corrected chi connectivity index (χ2v) is 12.0. The highest BCUT2D eigenvalue weighted by Gasteiger charge is 2.28. The second-order valence-electron chi connectivity index (χ2n) is 12.0. The Bertz CT molecular complexity index is 2340. The van der Waals surface area contributed by atoms with Crippen LogP contribution < -0.4 is 14.5 Å². The molecule has 3 heterocycles. The van der Waals surface area contributed by atoms with Gasteiger partial charge in [-0.3, -0.25) is 4.57 Å². The SMILES string of the molecule is [C-]#[N+]c1cc(Oc2ccc3c4ccccc4n(-c4cc(C(C)C)ccn4)c3c2)cc(N2CN(c3ccc(F)cc3)c3ccccc32)c1. The summed E-state index contributed by atoms with van der Waals surface area (Å²) in [6.07, 6.45) is 1.87. The Kier molecular flexibility index (Phi) is 6.84. The van der Waals surface area contributed by atoms with E-state index in [0.29, 0.717) is 29.8 Å². The van der Waals surface area contributed by atoms with Crippen LogP contribution in [0.5, 0.6) is 11.5 Å². The lowest BCUT2D eigenvalue weighted by molar-refractivity contribution is 0.483. The molecule has 0 N–H and O–H groups in total. The lowest BCUT2D eigenvalue weighted by Gasteiger charge is -2.23. The van der Waals surface area contributed by atoms with Crippen LogP contribution in [0.4, 0.5) is 32.8 Å². The fraction of sp³-hybridized carbons (Fsp3) is 0.100. The molecule has 7 heteroatoms. The molecule has 0 saturated carbocycles. The molecule has 6 nitrogen and oxygen atoms in total. The summed E-state index contributed by atoms with van der Waals surface area (Å²) < 4.78 is 22.5. The number of anilines is 4. The summed E-state index contributed by atoms with van der Waals surface area (Å²) >= 11 is 0. The van der Waals surface area contributed by atoms with Gasteiger partial charge in [0.15, 0.2) is 5.69 Å². The molecule has 8 rings (SSSR count). The van der Waals surface area contributed by atoms with Gasteiger partial charge in [0.1, 0.15) is 29.8 Å². The van der Waals surface area contributed by atoms with E-state index < -0.39 is 0 Å². The Balaban J connectivity index is 1.19. The van der Waals surface area contributed by atoms with Gasteiger partial charge in [-0.2, -0.15) is 0 Å². The van der Waals surface area contributed by atoms with E-state index in [1.165, 1.54) is 17.7 Å². The molecule has 0 amide bonds. The van der Waals surface area contributed by atoms with E-state index in [1.807, 2.05) is 48.7 Å². The summed E-state index contributed by atoms with van der Waals surface area (Å²) in [6, 6.07) is 38.9. The summed E-state index contributed by atoms with van der Waals surface area (Å²) in [6.45, 7) is 12.7. The molecule has 2 aromatic heterocycles. The molecule has 0 spiro atoms. The molecular formula is C40H30FN5O. The number of nitrogens with zero attached hydrogens (tertiary/aromatic N) is 5. The molecule has 0 unspecified atom stereocenters. The zero-order valence-corrected chi connectivity index (χ0v) is 25.9. The van der Waals surface area contributed by atoms with Crippen molar-refractivity contribution in [1.29, 1.82) is 0 Å². The van der Waals surface area contributed by atoms with Gasteiger partial charge in [-0.05, 0) is 90.3 Å². The van der Waals surface area contributed by atoms with Crippen LogP contribution in [0.15, 0.2) is 128 Å². The molecular weight excluding hydrogens is 585 g/mol. The summed E-state index contributed by atoms with van der Waals surface area (Å²) in [4.78, 5) is 12.8. The van der Waals surface area contributed by atoms with Crippen molar-refractivity contribution < 1.29 is 9.13 Å². The van der Waals surface area contributed by atoms with Crippen molar-refractivity contribution in [2.75, 3.05) is 16.5 Å². The molecule has 0 saturated heterocycles. The lowest BCUT2D eigenvalue weighted by atomic mass is 10.1. The van der Waals surface area contributed by atoms with Crippen LogP contribution in [0, 0.1) is 12.4 Å². The molecule has 5 aromatic carbocycles. The summed E-state index contributed by atoms with van der Waals surface area (Å²) in [5.41, 5.74) is 7.46. The van der Waals surface area contributed by atoms with Crippen LogP contribution in [0.25, 0.3) is 32.5 Å². The zero-order chi connectivity index (χ0) is 32.1. The number of fused-ring (bicyclic) bond motifs is 4. The van der Waals surface area contributed by atoms with E-state index in [4.69, 9.17) is 16.3 Å². The third-order valence-electron chi connectivity index (χ3n) is 8.75. The normalized spacial score (nSPS) is 12.6. The molecule has 1 aliphatic heterocycles. The minimum atomic E-state index is -0.275. The van der Waals surface area contributed by atoms with Crippen molar-refractivity contribution in [3.05, 3.63) is 150 Å². The van der Waals surface area contributed by atoms with Crippen molar-refractivity contribution >= 4 is 50.2 Å². The number of hydrogen-bond acceptors (Lipinski definition) is 4. The number of halogens is 1. The van der Waals surface area contributed by atoms with Gasteiger partial charge < -0.3 is 14.5 Å². The fourth-order valence-corrected chi connectivity index (χ4v) is 6.44. The predicted molar refractivity (Wildman–Crippen MR) is 187 cm³/mol. The van der Waals surface area contributed by atoms with Crippen molar-refractivity contribution in [3.63, 3.8) is 0 Å². The standard InChI is InChI=1S/C40H30FN5O/c1-26(2)27-18-19-43-40(20-27)46-36-9-5-4-8-34(36)35-17-16-32(24-39(35)46)47-33-22-29(42-3)21-31(23-33)45-25-44(30-14-12-28(41)13-15-30)37-10-6-7-11-38(37)45/h4-24,26H,25H2,1-2H3. The first-order chi connectivity index (χ1) is 23.0. The highest BCUT2D eigenvalue weighted by Crippen LogP contribution is 2.46. The third-order valence-corrected chi connectivity index (χ3v) is 8.75. The Hall–Kier alpha value is -6.13. The van der Waals surface area contributed by atoms with Crippen molar-refractivity contribution in [2.24, 2.45) is 0 Å². The fourth-order valence-electron chi connectivity index (χ4n) is 6.44. The number of ether oxygens (including phenoxy) is 1. The summed E-state index contributed by atoms with van der Waals surface area (Å²) in [7, 11) is 0. The molecule has 0 bridgehead atoms. The summed E-state index contributed by atoms with van der Waals surface area (Å²) in [5.74, 6) is 2.18. The van der Waals surface area contributed by atoms with Crippen molar-refractivity contribution in [1.82, 2.24) is 9.55 Å². The van der Waals surface area contributed by atoms with Crippen LogP contribution in [-0.2, 0) is 0 Å². The number of rotatable bonds is 6. The molecule has 1 aliphatic rings. The first kappa shape index (κ1) is 28.4. The largest absolute Gasteiger partial charge is 0.459 e. The van der Waals surface area contributed by atoms with Crippen molar-refractivity contribution in [2.45, 2.75) is 19.8 Å². The molecule has 47 heavy (non-hydrogen) atoms. The van der Waals surface area contributed by atoms with Crippen LogP contribution in [0.3, 0.4) is 0 Å². The highest BCUT2D eigenvalue weighted by atomic mass is 19.1. The Morgan fingerprint density at radius 1 is 0.723 bits per heavy atom. The van der Waals surface area contributed by atoms with Gasteiger partial charge in [-0.1, -0.05) is 44.2 Å². The van der Waals surface area contributed by atoms with E-state index in [0.717, 1.165) is 50.4 Å². The van der Waals surface area contributed by atoms with Crippen molar-refractivity contribution in [3.8, 4) is 17.3 Å². The third kappa shape index (κ3) is 5.01. The van der Waals surface area contributed by atoms with E-state index in [-0.39, 0.29) is 5.82 Å². The highest BCUT2D eigenvalue weighted by molar-refractivity contribution is 6.09. The predicted octanol–water partition coefficient (Wildman–Crippen LogP) is 11.0. The average molecular weight is 616 g/mol. The van der Waals surface area contributed by atoms with Gasteiger partial charge >= 0.3 is 0 Å². The Morgan fingerprint density at radius 3 is 2.21 bits per heavy atom. The van der Waals surface area contributed by atoms with Gasteiger partial charge in [-0.15, -0.1) is 0 Å². The van der Waals surface area contributed by atoms with E-state index in [2.05, 4.69) is 81.6 Å². The number of aromatic nitrogens is 2. The van der Waals surface area contributed by atoms with Crippen LogP contribution in [0.2, 0.25) is 0 Å². The second kappa shape index (κ2) is 11.3. The molecule has 0 aliphatic carbocycles. The molecule has 0 atom stereocenters. The van der Waals surface area contributed by atoms with Crippen LogP contribution >= 0.6 is 0 Å². The van der Waals surface area contributed by atoms with Crippen LogP contribution in [0.1, 0.15) is 25.3 Å². The van der Waals surface area contributed by atoms with Gasteiger partial charge in [0.25, 0.3) is 0 Å². The number of pyridine rings is 1. The molecule has 7 aromatic rings. The van der Waals surface area contributed by atoms with Gasteiger partial charge in [-0.25, -0.2) is 14.2 Å². The average Bonchev–Trinajstić information content (AvgIpc) is 3.65.